The van der Waals surface area contributed by atoms with Gasteiger partial charge < -0.3 is 20.1 Å². The second-order valence-corrected chi connectivity index (χ2v) is 7.52. The van der Waals surface area contributed by atoms with Gasteiger partial charge in [-0.1, -0.05) is 19.3 Å². The molecule has 0 atom stereocenters. The van der Waals surface area contributed by atoms with Gasteiger partial charge in [-0.3, -0.25) is 9.59 Å². The highest BCUT2D eigenvalue weighted by Gasteiger charge is 2.39. The normalized spacial score (nSPS) is 15.1. The van der Waals surface area contributed by atoms with Gasteiger partial charge in [-0.15, -0.1) is 0 Å². The molecule has 1 saturated carbocycles. The van der Waals surface area contributed by atoms with Gasteiger partial charge in [0.05, 0.1) is 6.61 Å². The largest absolute Gasteiger partial charge is 0.494 e. The van der Waals surface area contributed by atoms with E-state index in [9.17, 15) is 9.59 Å². The highest BCUT2D eigenvalue weighted by molar-refractivity contribution is 5.91. The molecule has 1 aliphatic rings. The Kier molecular flexibility index (Phi) is 7.27. The first kappa shape index (κ1) is 21.6. The van der Waals surface area contributed by atoms with E-state index in [-0.39, 0.29) is 11.8 Å². The fraction of sp³-hybridized carbons (Fsp3) is 0.435. The standard InChI is InChI=1S/C23H29N3O4/c1-3-29-19-7-9-20(10-8-19)30-21-15-18(11-14-24-21)16-25-22(28)23(26-17(2)27)12-5-4-6-13-23/h7-11,14-15H,3-6,12-13,16H2,1-2H3,(H,25,28)(H,26,27). The molecule has 0 spiro atoms. The Morgan fingerprint density at radius 2 is 1.77 bits per heavy atom. The molecule has 0 radical (unpaired) electrons. The molecule has 1 aromatic heterocycles. The minimum absolute atomic E-state index is 0.136. The average Bonchev–Trinajstić information content (AvgIpc) is 2.74. The molecule has 0 unspecified atom stereocenters. The highest BCUT2D eigenvalue weighted by Crippen LogP contribution is 2.29. The number of benzene rings is 1. The summed E-state index contributed by atoms with van der Waals surface area (Å²) in [5.74, 6) is 1.56. The van der Waals surface area contributed by atoms with E-state index in [1.165, 1.54) is 6.92 Å². The predicted molar refractivity (Wildman–Crippen MR) is 113 cm³/mol. The van der Waals surface area contributed by atoms with Gasteiger partial charge in [0, 0.05) is 25.7 Å². The Morgan fingerprint density at radius 1 is 1.07 bits per heavy atom. The smallest absolute Gasteiger partial charge is 0.246 e. The highest BCUT2D eigenvalue weighted by atomic mass is 16.5. The molecule has 2 aromatic rings. The third-order valence-corrected chi connectivity index (χ3v) is 5.17. The fourth-order valence-electron chi connectivity index (χ4n) is 3.76. The SMILES string of the molecule is CCOc1ccc(Oc2cc(CNC(=O)C3(NC(C)=O)CCCCC3)ccn2)cc1. The van der Waals surface area contributed by atoms with Gasteiger partial charge in [0.2, 0.25) is 17.7 Å². The fourth-order valence-corrected chi connectivity index (χ4v) is 3.76. The van der Waals surface area contributed by atoms with Crippen molar-refractivity contribution in [3.05, 3.63) is 48.2 Å². The number of carbonyl (C=O) groups excluding carboxylic acids is 2. The van der Waals surface area contributed by atoms with Gasteiger partial charge in [0.1, 0.15) is 17.0 Å². The van der Waals surface area contributed by atoms with Gasteiger partial charge in [-0.25, -0.2) is 4.98 Å². The molecule has 1 aromatic carbocycles. The number of amides is 2. The zero-order chi connectivity index (χ0) is 21.4. The van der Waals surface area contributed by atoms with Crippen molar-refractivity contribution in [1.82, 2.24) is 15.6 Å². The number of nitrogens with one attached hydrogen (secondary N) is 2. The average molecular weight is 412 g/mol. The van der Waals surface area contributed by atoms with Crippen molar-refractivity contribution in [3.8, 4) is 17.4 Å². The van der Waals surface area contributed by atoms with Gasteiger partial charge in [-0.05, 0) is 55.7 Å². The van der Waals surface area contributed by atoms with Crippen LogP contribution in [0.3, 0.4) is 0 Å². The molecule has 1 aliphatic carbocycles. The first-order valence-electron chi connectivity index (χ1n) is 10.4. The number of hydrogen-bond donors (Lipinski definition) is 2. The van der Waals surface area contributed by atoms with Crippen LogP contribution < -0.4 is 20.1 Å². The second kappa shape index (κ2) is 10.1. The summed E-state index contributed by atoms with van der Waals surface area (Å²) in [6.07, 6.45) is 5.94. The summed E-state index contributed by atoms with van der Waals surface area (Å²) in [4.78, 5) is 28.8. The predicted octanol–water partition coefficient (Wildman–Crippen LogP) is 3.73. The van der Waals surface area contributed by atoms with Crippen LogP contribution in [0.1, 0.15) is 51.5 Å². The zero-order valence-electron chi connectivity index (χ0n) is 17.6. The first-order valence-corrected chi connectivity index (χ1v) is 10.4. The van der Waals surface area contributed by atoms with Crippen molar-refractivity contribution >= 4 is 11.8 Å². The third kappa shape index (κ3) is 5.72. The Bertz CT molecular complexity index is 861. The lowest BCUT2D eigenvalue weighted by Gasteiger charge is -2.36. The van der Waals surface area contributed by atoms with Crippen LogP contribution in [-0.4, -0.2) is 28.9 Å². The lowest BCUT2D eigenvalue weighted by molar-refractivity contribution is -0.134. The molecule has 30 heavy (non-hydrogen) atoms. The molecule has 2 N–H and O–H groups in total. The van der Waals surface area contributed by atoms with Crippen LogP contribution in [0, 0.1) is 0 Å². The summed E-state index contributed by atoms with van der Waals surface area (Å²) < 4.78 is 11.2. The molecule has 0 saturated heterocycles. The summed E-state index contributed by atoms with van der Waals surface area (Å²) in [6.45, 7) is 4.34. The van der Waals surface area contributed by atoms with E-state index in [1.807, 2.05) is 37.3 Å². The number of pyridine rings is 1. The van der Waals surface area contributed by atoms with E-state index < -0.39 is 5.54 Å². The third-order valence-electron chi connectivity index (χ3n) is 5.17. The monoisotopic (exact) mass is 411 g/mol. The topological polar surface area (TPSA) is 89.5 Å². The van der Waals surface area contributed by atoms with Crippen LogP contribution >= 0.6 is 0 Å². The number of ether oxygens (including phenoxy) is 2. The van der Waals surface area contributed by atoms with E-state index in [4.69, 9.17) is 9.47 Å². The molecule has 160 valence electrons. The maximum absolute atomic E-state index is 12.9. The minimum Gasteiger partial charge on any atom is -0.494 e. The number of aromatic nitrogens is 1. The Balaban J connectivity index is 1.61. The Hall–Kier alpha value is -3.09. The van der Waals surface area contributed by atoms with Crippen LogP contribution in [-0.2, 0) is 16.1 Å². The summed E-state index contributed by atoms with van der Waals surface area (Å²) in [5.41, 5.74) is 0.0618. The van der Waals surface area contributed by atoms with Crippen molar-refractivity contribution in [1.29, 1.82) is 0 Å². The quantitative estimate of drug-likeness (QED) is 0.691. The molecule has 0 aliphatic heterocycles. The van der Waals surface area contributed by atoms with Crippen LogP contribution in [0.15, 0.2) is 42.6 Å². The summed E-state index contributed by atoms with van der Waals surface area (Å²) >= 11 is 0. The first-order chi connectivity index (χ1) is 14.5. The minimum atomic E-state index is -0.807. The number of rotatable bonds is 8. The molecule has 7 heteroatoms. The number of hydrogen-bond acceptors (Lipinski definition) is 5. The van der Waals surface area contributed by atoms with Crippen LogP contribution in [0.5, 0.6) is 17.4 Å². The van der Waals surface area contributed by atoms with E-state index >= 15 is 0 Å². The van der Waals surface area contributed by atoms with Crippen molar-refractivity contribution < 1.29 is 19.1 Å². The summed E-state index contributed by atoms with van der Waals surface area (Å²) in [5, 5.41) is 5.86. The molecule has 1 heterocycles. The molecular weight excluding hydrogens is 382 g/mol. The Morgan fingerprint density at radius 3 is 2.43 bits per heavy atom. The zero-order valence-corrected chi connectivity index (χ0v) is 17.6. The molecule has 0 bridgehead atoms. The van der Waals surface area contributed by atoms with Gasteiger partial charge >= 0.3 is 0 Å². The second-order valence-electron chi connectivity index (χ2n) is 7.52. The van der Waals surface area contributed by atoms with Crippen molar-refractivity contribution in [3.63, 3.8) is 0 Å². The van der Waals surface area contributed by atoms with Crippen LogP contribution in [0.25, 0.3) is 0 Å². The van der Waals surface area contributed by atoms with Crippen LogP contribution in [0.4, 0.5) is 0 Å². The van der Waals surface area contributed by atoms with Crippen molar-refractivity contribution in [2.75, 3.05) is 6.61 Å². The van der Waals surface area contributed by atoms with Crippen molar-refractivity contribution in [2.24, 2.45) is 0 Å². The molecule has 3 rings (SSSR count). The summed E-state index contributed by atoms with van der Waals surface area (Å²) in [7, 11) is 0. The Labute approximate surface area is 177 Å². The van der Waals surface area contributed by atoms with Crippen LogP contribution in [0.2, 0.25) is 0 Å². The van der Waals surface area contributed by atoms with E-state index in [1.54, 1.807) is 12.3 Å². The maximum atomic E-state index is 12.9. The van der Waals surface area contributed by atoms with Crippen molar-refractivity contribution in [2.45, 2.75) is 58.0 Å². The molecule has 7 nitrogen and oxygen atoms in total. The molecule has 2 amide bonds. The number of nitrogens with zero attached hydrogens (tertiary/aromatic N) is 1. The van der Waals surface area contributed by atoms with Gasteiger partial charge in [-0.2, -0.15) is 0 Å². The van der Waals surface area contributed by atoms with Gasteiger partial charge in [0.25, 0.3) is 0 Å². The maximum Gasteiger partial charge on any atom is 0.246 e. The van der Waals surface area contributed by atoms with E-state index in [0.717, 1.165) is 30.6 Å². The van der Waals surface area contributed by atoms with Gasteiger partial charge in [0.15, 0.2) is 0 Å². The van der Waals surface area contributed by atoms with E-state index in [2.05, 4.69) is 15.6 Å². The summed E-state index contributed by atoms with van der Waals surface area (Å²) in [6, 6.07) is 11.0. The molecule has 1 fully saturated rings. The molecular formula is C23H29N3O4. The van der Waals surface area contributed by atoms with E-state index in [0.29, 0.717) is 37.6 Å². The lowest BCUT2D eigenvalue weighted by atomic mass is 9.80. The lowest BCUT2D eigenvalue weighted by Crippen LogP contribution is -2.59. The number of carbonyl (C=O) groups is 2.